The Kier molecular flexibility index (Phi) is 4.95. The average Bonchev–Trinajstić information content (AvgIpc) is 3.17. The quantitative estimate of drug-likeness (QED) is 0.483. The number of fused-ring (bicyclic) bond motifs is 1. The number of aromatic nitrogens is 2. The molecule has 4 rings (SSSR count). The van der Waals surface area contributed by atoms with E-state index in [-0.39, 0.29) is 17.9 Å². The lowest BCUT2D eigenvalue weighted by atomic mass is 10.0. The van der Waals surface area contributed by atoms with E-state index in [0.717, 1.165) is 11.6 Å². The van der Waals surface area contributed by atoms with Gasteiger partial charge in [0.25, 0.3) is 0 Å². The number of rotatable bonds is 6. The van der Waals surface area contributed by atoms with Crippen molar-refractivity contribution in [3.8, 4) is 11.5 Å². The zero-order valence-electron chi connectivity index (χ0n) is 15.4. The van der Waals surface area contributed by atoms with Gasteiger partial charge >= 0.3 is 0 Å². The zero-order valence-corrected chi connectivity index (χ0v) is 15.4. The van der Waals surface area contributed by atoms with Gasteiger partial charge in [-0.25, -0.2) is 13.8 Å². The summed E-state index contributed by atoms with van der Waals surface area (Å²) >= 11 is 0. The molecule has 0 fully saturated rings. The minimum atomic E-state index is -1.05. The number of nitrogens with zero attached hydrogens (tertiary/aromatic N) is 1. The molecule has 29 heavy (non-hydrogen) atoms. The number of H-pyrrole nitrogens is 1. The van der Waals surface area contributed by atoms with Crippen molar-refractivity contribution >= 4 is 16.8 Å². The first-order valence-corrected chi connectivity index (χ1v) is 8.79. The second-order valence-electron chi connectivity index (χ2n) is 6.31. The van der Waals surface area contributed by atoms with E-state index in [1.807, 2.05) is 30.3 Å². The normalized spacial score (nSPS) is 10.9. The molecule has 0 amide bonds. The topological polar surface area (TPSA) is 64.2 Å². The molecule has 0 unspecified atom stereocenters. The fraction of sp³-hybridized carbons (Fsp3) is 0.0909. The smallest absolute Gasteiger partial charge is 0.201 e. The van der Waals surface area contributed by atoms with Crippen molar-refractivity contribution in [2.45, 2.75) is 6.61 Å². The molecule has 0 bridgehead atoms. The number of hydrogen-bond donors (Lipinski definition) is 1. The molecule has 2 aromatic heterocycles. The first-order chi connectivity index (χ1) is 14.1. The molecule has 146 valence electrons. The molecule has 5 nitrogen and oxygen atoms in total. The van der Waals surface area contributed by atoms with Gasteiger partial charge in [0.05, 0.1) is 18.9 Å². The first-order valence-electron chi connectivity index (χ1n) is 8.79. The van der Waals surface area contributed by atoms with E-state index in [4.69, 9.17) is 9.47 Å². The number of ether oxygens (including phenoxy) is 2. The van der Waals surface area contributed by atoms with Crippen molar-refractivity contribution in [2.75, 3.05) is 7.11 Å². The highest BCUT2D eigenvalue weighted by atomic mass is 19.1. The third-order valence-corrected chi connectivity index (χ3v) is 4.51. The van der Waals surface area contributed by atoms with Gasteiger partial charge in [0.1, 0.15) is 23.8 Å². The van der Waals surface area contributed by atoms with Gasteiger partial charge in [-0.3, -0.25) is 4.79 Å². The minimum Gasteiger partial charge on any atom is -0.495 e. The van der Waals surface area contributed by atoms with Gasteiger partial charge in [-0.05, 0) is 23.8 Å². The highest BCUT2D eigenvalue weighted by Gasteiger charge is 2.25. The maximum Gasteiger partial charge on any atom is 0.201 e. The standard InChI is InChI=1S/C22H16F2N2O3/c1-28-14-9-15-16(11-26-22(15)25-10-14)21(27)19-17(23)7-8-18(20(19)24)29-12-13-5-3-2-4-6-13/h2-11H,12H2,1H3,(H,25,26). The van der Waals surface area contributed by atoms with Crippen molar-refractivity contribution < 1.29 is 23.0 Å². The molecule has 2 aromatic carbocycles. The summed E-state index contributed by atoms with van der Waals surface area (Å²) in [5.74, 6) is -2.60. The number of halogens is 2. The summed E-state index contributed by atoms with van der Waals surface area (Å²) in [6, 6.07) is 12.9. The Balaban J connectivity index is 1.70. The predicted octanol–water partition coefficient (Wildman–Crippen LogP) is 4.66. The van der Waals surface area contributed by atoms with Crippen molar-refractivity contribution in [3.05, 3.63) is 89.2 Å². The number of methoxy groups -OCH3 is 1. The fourth-order valence-corrected chi connectivity index (χ4v) is 3.01. The molecule has 0 atom stereocenters. The molecular formula is C22H16F2N2O3. The summed E-state index contributed by atoms with van der Waals surface area (Å²) in [4.78, 5) is 19.9. The lowest BCUT2D eigenvalue weighted by Crippen LogP contribution is -2.09. The van der Waals surface area contributed by atoms with Crippen LogP contribution in [0, 0.1) is 11.6 Å². The molecule has 0 aliphatic heterocycles. The van der Waals surface area contributed by atoms with E-state index in [1.165, 1.54) is 25.6 Å². The Morgan fingerprint density at radius 3 is 2.69 bits per heavy atom. The van der Waals surface area contributed by atoms with Crippen LogP contribution in [0.5, 0.6) is 11.5 Å². The molecule has 0 radical (unpaired) electrons. The Labute approximate surface area is 164 Å². The van der Waals surface area contributed by atoms with Crippen LogP contribution < -0.4 is 9.47 Å². The Morgan fingerprint density at radius 2 is 1.93 bits per heavy atom. The number of benzene rings is 2. The Bertz CT molecular complexity index is 1190. The van der Waals surface area contributed by atoms with Gasteiger partial charge in [0, 0.05) is 17.1 Å². The van der Waals surface area contributed by atoms with Gasteiger partial charge in [-0.2, -0.15) is 0 Å². The molecule has 0 aliphatic carbocycles. The lowest BCUT2D eigenvalue weighted by Gasteiger charge is -2.11. The van der Waals surface area contributed by atoms with Crippen LogP contribution in [0.2, 0.25) is 0 Å². The van der Waals surface area contributed by atoms with Crippen LogP contribution in [-0.4, -0.2) is 22.9 Å². The van der Waals surface area contributed by atoms with Crippen molar-refractivity contribution in [1.82, 2.24) is 9.97 Å². The Morgan fingerprint density at radius 1 is 1.14 bits per heavy atom. The van der Waals surface area contributed by atoms with E-state index < -0.39 is 23.0 Å². The molecule has 0 saturated heterocycles. The van der Waals surface area contributed by atoms with Crippen LogP contribution in [0.3, 0.4) is 0 Å². The molecule has 7 heteroatoms. The highest BCUT2D eigenvalue weighted by molar-refractivity contribution is 6.16. The van der Waals surface area contributed by atoms with Crippen molar-refractivity contribution in [3.63, 3.8) is 0 Å². The summed E-state index contributed by atoms with van der Waals surface area (Å²) in [6.45, 7) is 0.0885. The third-order valence-electron chi connectivity index (χ3n) is 4.51. The van der Waals surface area contributed by atoms with E-state index in [9.17, 15) is 13.6 Å². The van der Waals surface area contributed by atoms with E-state index in [1.54, 1.807) is 6.07 Å². The van der Waals surface area contributed by atoms with Crippen LogP contribution in [-0.2, 0) is 6.61 Å². The van der Waals surface area contributed by atoms with Crippen molar-refractivity contribution in [1.29, 1.82) is 0 Å². The van der Waals surface area contributed by atoms with Crippen LogP contribution in [0.4, 0.5) is 8.78 Å². The number of hydrogen-bond acceptors (Lipinski definition) is 4. The van der Waals surface area contributed by atoms with E-state index in [2.05, 4.69) is 9.97 Å². The molecule has 0 aliphatic rings. The molecule has 0 spiro atoms. The van der Waals surface area contributed by atoms with Crippen LogP contribution in [0.25, 0.3) is 11.0 Å². The zero-order chi connectivity index (χ0) is 20.4. The number of aromatic amines is 1. The number of ketones is 1. The van der Waals surface area contributed by atoms with E-state index in [0.29, 0.717) is 16.8 Å². The average molecular weight is 394 g/mol. The molecule has 1 N–H and O–H groups in total. The first kappa shape index (κ1) is 18.6. The molecule has 0 saturated carbocycles. The fourth-order valence-electron chi connectivity index (χ4n) is 3.01. The van der Waals surface area contributed by atoms with Gasteiger partial charge in [0.2, 0.25) is 5.78 Å². The number of carbonyl (C=O) groups excluding carboxylic acids is 1. The predicted molar refractivity (Wildman–Crippen MR) is 103 cm³/mol. The number of nitrogens with one attached hydrogen (secondary N) is 1. The summed E-state index contributed by atoms with van der Waals surface area (Å²) in [5, 5.41) is 0.406. The monoisotopic (exact) mass is 394 g/mol. The maximum absolute atomic E-state index is 15.0. The second-order valence-corrected chi connectivity index (χ2v) is 6.31. The maximum atomic E-state index is 15.0. The van der Waals surface area contributed by atoms with Crippen LogP contribution >= 0.6 is 0 Å². The van der Waals surface area contributed by atoms with Gasteiger partial charge in [-0.1, -0.05) is 30.3 Å². The molecule has 2 heterocycles. The number of pyridine rings is 1. The van der Waals surface area contributed by atoms with Gasteiger partial charge in [0.15, 0.2) is 11.6 Å². The second kappa shape index (κ2) is 7.71. The van der Waals surface area contributed by atoms with Crippen molar-refractivity contribution in [2.24, 2.45) is 0 Å². The summed E-state index contributed by atoms with van der Waals surface area (Å²) in [6.07, 6.45) is 2.85. The molecular weight excluding hydrogens is 378 g/mol. The minimum absolute atomic E-state index is 0.0874. The van der Waals surface area contributed by atoms with Gasteiger partial charge < -0.3 is 14.5 Å². The summed E-state index contributed by atoms with van der Waals surface area (Å²) in [5.41, 5.74) is 0.633. The number of carbonyl (C=O) groups is 1. The summed E-state index contributed by atoms with van der Waals surface area (Å²) in [7, 11) is 1.46. The van der Waals surface area contributed by atoms with E-state index >= 15 is 0 Å². The third kappa shape index (κ3) is 3.54. The summed E-state index contributed by atoms with van der Waals surface area (Å²) < 4.78 is 40.0. The molecule has 4 aromatic rings. The SMILES string of the molecule is COc1cnc2[nH]cc(C(=O)c3c(F)ccc(OCc4ccccc4)c3F)c2c1. The van der Waals surface area contributed by atoms with Gasteiger partial charge in [-0.15, -0.1) is 0 Å². The largest absolute Gasteiger partial charge is 0.495 e. The lowest BCUT2D eigenvalue weighted by molar-refractivity contribution is 0.103. The van der Waals surface area contributed by atoms with Crippen LogP contribution in [0.15, 0.2) is 60.9 Å². The van der Waals surface area contributed by atoms with Crippen LogP contribution in [0.1, 0.15) is 21.5 Å². The highest BCUT2D eigenvalue weighted by Crippen LogP contribution is 2.29. The Hall–Kier alpha value is -3.74.